The third kappa shape index (κ3) is 2.13. The molecule has 1 aliphatic heterocycles. The highest BCUT2D eigenvalue weighted by atomic mass is 19.3. The topological polar surface area (TPSA) is 60.8 Å². The van der Waals surface area contributed by atoms with Crippen LogP contribution in [-0.2, 0) is 4.79 Å². The van der Waals surface area contributed by atoms with E-state index in [9.17, 15) is 13.6 Å². The lowest BCUT2D eigenvalue weighted by Gasteiger charge is -2.19. The van der Waals surface area contributed by atoms with Crippen LogP contribution in [0.5, 0.6) is 0 Å². The van der Waals surface area contributed by atoms with Crippen molar-refractivity contribution in [3.8, 4) is 0 Å². The van der Waals surface area contributed by atoms with Crippen LogP contribution in [-0.4, -0.2) is 52.2 Å². The third-order valence-electron chi connectivity index (χ3n) is 1.92. The third-order valence-corrected chi connectivity index (χ3v) is 1.92. The number of likely N-dealkylation sites (tertiary alicyclic amines) is 1. The number of carbonyl (C=O) groups is 1. The Bertz CT molecular complexity index is 206. The Morgan fingerprint density at radius 1 is 1.38 bits per heavy atom. The number of hydrogen-bond donors (Lipinski definition) is 2. The number of β-amino-alcohol motifs (C(OH)–C–C–N with tert-alkyl or cyclic N) is 2. The largest absolute Gasteiger partial charge is 0.388 e. The van der Waals surface area contributed by atoms with Crippen molar-refractivity contribution in [1.82, 2.24) is 4.90 Å². The van der Waals surface area contributed by atoms with Gasteiger partial charge < -0.3 is 15.1 Å². The Morgan fingerprint density at radius 2 is 1.77 bits per heavy atom. The van der Waals surface area contributed by atoms with Gasteiger partial charge in [0, 0.05) is 20.0 Å². The van der Waals surface area contributed by atoms with Crippen LogP contribution in [0, 0.1) is 0 Å². The molecule has 0 aromatic heterocycles. The molecule has 0 radical (unpaired) electrons. The summed E-state index contributed by atoms with van der Waals surface area (Å²) in [5.74, 6) is -4.80. The number of hydrogen-bond acceptors (Lipinski definition) is 3. The molecule has 2 atom stereocenters. The average Bonchev–Trinajstić information content (AvgIpc) is 2.29. The molecule has 0 aromatic carbocycles. The molecular weight excluding hydrogens is 184 g/mol. The molecule has 0 unspecified atom stereocenters. The standard InChI is InChI=1S/C7H11F2NO3/c1-7(8,9)6(13)10-2-4(11)5(12)3-10/h4-5,11-12H,2-3H2,1H3/t4-,5+. The first-order valence-corrected chi connectivity index (χ1v) is 3.85. The quantitative estimate of drug-likeness (QED) is 0.576. The second kappa shape index (κ2) is 3.19. The summed E-state index contributed by atoms with van der Waals surface area (Å²) < 4.78 is 24.9. The summed E-state index contributed by atoms with van der Waals surface area (Å²) in [4.78, 5) is 11.7. The predicted octanol–water partition coefficient (Wildman–Crippen LogP) is -0.794. The van der Waals surface area contributed by atoms with Crippen LogP contribution >= 0.6 is 0 Å². The molecule has 2 N–H and O–H groups in total. The van der Waals surface area contributed by atoms with Gasteiger partial charge in [0.1, 0.15) is 0 Å². The van der Waals surface area contributed by atoms with E-state index >= 15 is 0 Å². The number of alkyl halides is 2. The second-order valence-corrected chi connectivity index (χ2v) is 3.23. The average molecular weight is 195 g/mol. The SMILES string of the molecule is CC(F)(F)C(=O)N1C[C@@H](O)[C@@H](O)C1. The van der Waals surface area contributed by atoms with Gasteiger partial charge in [0.2, 0.25) is 0 Å². The van der Waals surface area contributed by atoms with Gasteiger partial charge in [-0.3, -0.25) is 4.79 Å². The molecule has 1 saturated heterocycles. The molecule has 1 rings (SSSR count). The van der Waals surface area contributed by atoms with E-state index in [2.05, 4.69) is 0 Å². The Labute approximate surface area is 73.8 Å². The van der Waals surface area contributed by atoms with E-state index in [0.717, 1.165) is 4.90 Å². The maximum atomic E-state index is 12.5. The summed E-state index contributed by atoms with van der Waals surface area (Å²) in [6.45, 7) is 0.0271. The first-order valence-electron chi connectivity index (χ1n) is 3.85. The molecular formula is C7H11F2NO3. The summed E-state index contributed by atoms with van der Waals surface area (Å²) in [5, 5.41) is 18.0. The van der Waals surface area contributed by atoms with Crippen molar-refractivity contribution >= 4 is 5.91 Å². The van der Waals surface area contributed by atoms with Crippen LogP contribution in [0.15, 0.2) is 0 Å². The van der Waals surface area contributed by atoms with Crippen molar-refractivity contribution in [2.75, 3.05) is 13.1 Å². The predicted molar refractivity (Wildman–Crippen MR) is 39.2 cm³/mol. The van der Waals surface area contributed by atoms with Crippen LogP contribution in [0.1, 0.15) is 6.92 Å². The van der Waals surface area contributed by atoms with E-state index in [1.54, 1.807) is 0 Å². The van der Waals surface area contributed by atoms with Crippen molar-refractivity contribution in [2.45, 2.75) is 25.1 Å². The van der Waals surface area contributed by atoms with Gasteiger partial charge in [-0.2, -0.15) is 8.78 Å². The van der Waals surface area contributed by atoms with Gasteiger partial charge in [-0.15, -0.1) is 0 Å². The lowest BCUT2D eigenvalue weighted by molar-refractivity contribution is -0.154. The minimum Gasteiger partial charge on any atom is -0.388 e. The van der Waals surface area contributed by atoms with Gasteiger partial charge >= 0.3 is 5.92 Å². The maximum absolute atomic E-state index is 12.5. The summed E-state index contributed by atoms with van der Waals surface area (Å²) in [7, 11) is 0. The van der Waals surface area contributed by atoms with E-state index in [4.69, 9.17) is 10.2 Å². The molecule has 76 valence electrons. The van der Waals surface area contributed by atoms with Gasteiger partial charge in [0.05, 0.1) is 12.2 Å². The second-order valence-electron chi connectivity index (χ2n) is 3.23. The molecule has 1 fully saturated rings. The molecule has 0 aromatic rings. The molecule has 1 heterocycles. The van der Waals surface area contributed by atoms with Crippen LogP contribution in [0.3, 0.4) is 0 Å². The fourth-order valence-corrected chi connectivity index (χ4v) is 1.21. The Morgan fingerprint density at radius 3 is 2.08 bits per heavy atom. The van der Waals surface area contributed by atoms with Crippen LogP contribution in [0.2, 0.25) is 0 Å². The highest BCUT2D eigenvalue weighted by molar-refractivity contribution is 5.83. The van der Waals surface area contributed by atoms with Crippen molar-refractivity contribution in [3.05, 3.63) is 0 Å². The van der Waals surface area contributed by atoms with Gasteiger partial charge in [0.25, 0.3) is 5.91 Å². The first kappa shape index (κ1) is 10.3. The van der Waals surface area contributed by atoms with Crippen LogP contribution in [0.4, 0.5) is 8.78 Å². The highest BCUT2D eigenvalue weighted by Crippen LogP contribution is 2.19. The fraction of sp³-hybridized carbons (Fsp3) is 0.857. The number of amides is 1. The monoisotopic (exact) mass is 195 g/mol. The summed E-state index contributed by atoms with van der Waals surface area (Å²) in [6.07, 6.45) is -2.24. The van der Waals surface area contributed by atoms with Crippen molar-refractivity contribution in [1.29, 1.82) is 0 Å². The lowest BCUT2D eigenvalue weighted by Crippen LogP contribution is -2.41. The van der Waals surface area contributed by atoms with Gasteiger partial charge in [-0.1, -0.05) is 0 Å². The van der Waals surface area contributed by atoms with E-state index in [1.807, 2.05) is 0 Å². The van der Waals surface area contributed by atoms with Gasteiger partial charge in [-0.25, -0.2) is 0 Å². The number of aliphatic hydroxyl groups excluding tert-OH is 2. The van der Waals surface area contributed by atoms with E-state index in [1.165, 1.54) is 0 Å². The molecule has 6 heteroatoms. The Hall–Kier alpha value is -0.750. The van der Waals surface area contributed by atoms with Gasteiger partial charge in [0.15, 0.2) is 0 Å². The van der Waals surface area contributed by atoms with Crippen LogP contribution < -0.4 is 0 Å². The minimum atomic E-state index is -3.44. The number of rotatable bonds is 1. The van der Waals surface area contributed by atoms with Crippen molar-refractivity contribution in [3.63, 3.8) is 0 Å². The Balaban J connectivity index is 2.61. The zero-order valence-corrected chi connectivity index (χ0v) is 7.07. The van der Waals surface area contributed by atoms with E-state index in [-0.39, 0.29) is 13.1 Å². The fourth-order valence-electron chi connectivity index (χ4n) is 1.21. The number of halogens is 2. The van der Waals surface area contributed by atoms with Crippen molar-refractivity contribution in [2.24, 2.45) is 0 Å². The summed E-state index contributed by atoms with van der Waals surface area (Å²) in [6, 6.07) is 0. The maximum Gasteiger partial charge on any atom is 0.322 e. The normalized spacial score (nSPS) is 29.5. The lowest BCUT2D eigenvalue weighted by atomic mass is 10.3. The van der Waals surface area contributed by atoms with Crippen molar-refractivity contribution < 1.29 is 23.8 Å². The molecule has 13 heavy (non-hydrogen) atoms. The summed E-state index contributed by atoms with van der Waals surface area (Å²) >= 11 is 0. The number of nitrogens with zero attached hydrogens (tertiary/aromatic N) is 1. The smallest absolute Gasteiger partial charge is 0.322 e. The zero-order valence-electron chi connectivity index (χ0n) is 7.07. The molecule has 1 amide bonds. The van der Waals surface area contributed by atoms with Gasteiger partial charge in [-0.05, 0) is 0 Å². The highest BCUT2D eigenvalue weighted by Gasteiger charge is 2.42. The minimum absolute atomic E-state index is 0.233. The van der Waals surface area contributed by atoms with Crippen LogP contribution in [0.25, 0.3) is 0 Å². The molecule has 0 spiro atoms. The first-order chi connectivity index (χ1) is 5.82. The molecule has 0 saturated carbocycles. The molecule has 0 bridgehead atoms. The Kier molecular flexibility index (Phi) is 2.53. The van der Waals surface area contributed by atoms with E-state index < -0.39 is 24.0 Å². The number of carbonyl (C=O) groups excluding carboxylic acids is 1. The number of aliphatic hydroxyl groups is 2. The molecule has 1 aliphatic rings. The summed E-state index contributed by atoms with van der Waals surface area (Å²) in [5.41, 5.74) is 0. The molecule has 4 nitrogen and oxygen atoms in total. The molecule has 0 aliphatic carbocycles. The van der Waals surface area contributed by atoms with E-state index in [0.29, 0.717) is 6.92 Å². The zero-order chi connectivity index (χ0) is 10.2.